The van der Waals surface area contributed by atoms with Gasteiger partial charge in [-0.1, -0.05) is 31.2 Å². The van der Waals surface area contributed by atoms with Gasteiger partial charge in [0.1, 0.15) is 0 Å². The summed E-state index contributed by atoms with van der Waals surface area (Å²) < 4.78 is 2.07. The first kappa shape index (κ1) is 18.9. The molecular weight excluding hydrogens is 360 g/mol. The first-order valence-corrected chi connectivity index (χ1v) is 10.0. The summed E-state index contributed by atoms with van der Waals surface area (Å²) in [5.74, 6) is 0.343. The van der Waals surface area contributed by atoms with E-state index in [0.29, 0.717) is 5.56 Å². The topological polar surface area (TPSA) is 61.9 Å². The molecule has 1 unspecified atom stereocenters. The van der Waals surface area contributed by atoms with E-state index < -0.39 is 0 Å². The Balaban J connectivity index is 1.39. The molecule has 0 N–H and O–H groups in total. The fourth-order valence-electron chi connectivity index (χ4n) is 3.79. The van der Waals surface area contributed by atoms with E-state index in [1.165, 1.54) is 5.56 Å². The van der Waals surface area contributed by atoms with Crippen molar-refractivity contribution in [3.63, 3.8) is 0 Å². The maximum Gasteiger partial charge on any atom is 0.229 e. The number of aromatic nitrogens is 2. The van der Waals surface area contributed by atoms with Gasteiger partial charge in [-0.25, -0.2) is 4.98 Å². The van der Waals surface area contributed by atoms with Gasteiger partial charge < -0.3 is 9.47 Å². The number of nitriles is 1. The molecule has 5 heteroatoms. The number of hydrogen-bond donors (Lipinski definition) is 0. The highest BCUT2D eigenvalue weighted by atomic mass is 16.2. The van der Waals surface area contributed by atoms with E-state index >= 15 is 0 Å². The van der Waals surface area contributed by atoms with Crippen LogP contribution in [0.4, 0.5) is 5.69 Å². The zero-order valence-corrected chi connectivity index (χ0v) is 16.6. The normalized spacial score (nSPS) is 16.6. The van der Waals surface area contributed by atoms with Gasteiger partial charge in [0.15, 0.2) is 0 Å². The summed E-state index contributed by atoms with van der Waals surface area (Å²) in [5, 5.41) is 8.89. The van der Waals surface area contributed by atoms with Crippen molar-refractivity contribution in [3.05, 3.63) is 83.4 Å². The van der Waals surface area contributed by atoms with Crippen molar-refractivity contribution in [2.45, 2.75) is 32.7 Å². The van der Waals surface area contributed by atoms with Crippen LogP contribution in [0, 0.1) is 17.2 Å². The van der Waals surface area contributed by atoms with Crippen molar-refractivity contribution < 1.29 is 4.79 Å². The van der Waals surface area contributed by atoms with Crippen LogP contribution in [0.15, 0.2) is 61.1 Å². The van der Waals surface area contributed by atoms with Crippen LogP contribution in [0.3, 0.4) is 0 Å². The second kappa shape index (κ2) is 8.32. The molecule has 146 valence electrons. The molecule has 0 aliphatic carbocycles. The number of carbonyl (C=O) groups excluding carboxylic acids is 1. The number of nitrogens with zero attached hydrogens (tertiary/aromatic N) is 4. The second-order valence-electron chi connectivity index (χ2n) is 7.72. The summed E-state index contributed by atoms with van der Waals surface area (Å²) in [7, 11) is 0. The first-order chi connectivity index (χ1) is 14.1. The molecule has 0 saturated carbocycles. The Hall–Kier alpha value is -3.39. The van der Waals surface area contributed by atoms with E-state index in [1.54, 1.807) is 0 Å². The summed E-state index contributed by atoms with van der Waals surface area (Å²) >= 11 is 0. The van der Waals surface area contributed by atoms with Crippen LogP contribution in [0.5, 0.6) is 0 Å². The van der Waals surface area contributed by atoms with Crippen molar-refractivity contribution in [3.8, 4) is 6.07 Å². The van der Waals surface area contributed by atoms with Crippen molar-refractivity contribution in [2.24, 2.45) is 5.92 Å². The number of imidazole rings is 1. The molecule has 1 aliphatic heterocycles. The first-order valence-electron chi connectivity index (χ1n) is 10.0. The van der Waals surface area contributed by atoms with Crippen molar-refractivity contribution in [1.82, 2.24) is 9.55 Å². The van der Waals surface area contributed by atoms with Gasteiger partial charge in [-0.2, -0.15) is 5.26 Å². The van der Waals surface area contributed by atoms with Crippen LogP contribution >= 0.6 is 0 Å². The van der Waals surface area contributed by atoms with Crippen molar-refractivity contribution in [1.29, 1.82) is 5.26 Å². The minimum absolute atomic E-state index is 0.115. The van der Waals surface area contributed by atoms with Gasteiger partial charge in [-0.15, -0.1) is 0 Å². The number of anilines is 1. The van der Waals surface area contributed by atoms with Gasteiger partial charge >= 0.3 is 0 Å². The van der Waals surface area contributed by atoms with Gasteiger partial charge in [0, 0.05) is 37.3 Å². The third-order valence-corrected chi connectivity index (χ3v) is 5.47. The molecular formula is C24H24N4O. The predicted molar refractivity (Wildman–Crippen MR) is 112 cm³/mol. The van der Waals surface area contributed by atoms with Crippen LogP contribution in [0.2, 0.25) is 0 Å². The van der Waals surface area contributed by atoms with E-state index in [4.69, 9.17) is 5.26 Å². The van der Waals surface area contributed by atoms with Gasteiger partial charge in [0.05, 0.1) is 23.7 Å². The SMILES string of the molecule is CC1CCCN(c2ccc(Cn3cnc(Cc4ccc(C#N)cc4)c3)cc2)C1=O. The third-order valence-electron chi connectivity index (χ3n) is 5.47. The molecule has 0 spiro atoms. The molecule has 0 radical (unpaired) electrons. The summed E-state index contributed by atoms with van der Waals surface area (Å²) in [6.45, 7) is 3.56. The lowest BCUT2D eigenvalue weighted by molar-refractivity contribution is -0.123. The van der Waals surface area contributed by atoms with E-state index in [-0.39, 0.29) is 11.8 Å². The zero-order valence-electron chi connectivity index (χ0n) is 16.6. The summed E-state index contributed by atoms with van der Waals surface area (Å²) in [6.07, 6.45) is 6.70. The maximum absolute atomic E-state index is 12.4. The summed E-state index contributed by atoms with van der Waals surface area (Å²) in [6, 6.07) is 18.0. The Morgan fingerprint density at radius 1 is 1.10 bits per heavy atom. The molecule has 2 heterocycles. The van der Waals surface area contributed by atoms with Crippen molar-refractivity contribution in [2.75, 3.05) is 11.4 Å². The second-order valence-corrected chi connectivity index (χ2v) is 7.72. The highest BCUT2D eigenvalue weighted by Gasteiger charge is 2.25. The monoisotopic (exact) mass is 384 g/mol. The van der Waals surface area contributed by atoms with Gasteiger partial charge in [-0.3, -0.25) is 4.79 Å². The highest BCUT2D eigenvalue weighted by Crippen LogP contribution is 2.24. The molecule has 1 aliphatic rings. The molecule has 0 bridgehead atoms. The smallest absolute Gasteiger partial charge is 0.229 e. The van der Waals surface area contributed by atoms with E-state index in [0.717, 1.165) is 49.3 Å². The van der Waals surface area contributed by atoms with Crippen LogP contribution in [-0.2, 0) is 17.8 Å². The van der Waals surface area contributed by atoms with Crippen LogP contribution < -0.4 is 4.90 Å². The summed E-state index contributed by atoms with van der Waals surface area (Å²) in [5.41, 5.74) is 4.97. The fraction of sp³-hybridized carbons (Fsp3) is 0.292. The molecule has 3 aromatic rings. The molecule has 1 fully saturated rings. The van der Waals surface area contributed by atoms with E-state index in [1.807, 2.05) is 54.5 Å². The Morgan fingerprint density at radius 3 is 2.55 bits per heavy atom. The predicted octanol–water partition coefficient (Wildman–Crippen LogP) is 4.16. The third kappa shape index (κ3) is 4.38. The Bertz CT molecular complexity index is 1030. The van der Waals surface area contributed by atoms with E-state index in [2.05, 4.69) is 33.9 Å². The molecule has 1 saturated heterocycles. The lowest BCUT2D eigenvalue weighted by Crippen LogP contribution is -2.40. The Morgan fingerprint density at radius 2 is 1.83 bits per heavy atom. The molecule has 1 aromatic heterocycles. The molecule has 1 amide bonds. The number of benzene rings is 2. The highest BCUT2D eigenvalue weighted by molar-refractivity contribution is 5.95. The van der Waals surface area contributed by atoms with Crippen LogP contribution in [0.25, 0.3) is 0 Å². The molecule has 5 nitrogen and oxygen atoms in total. The van der Waals surface area contributed by atoms with Gasteiger partial charge in [0.2, 0.25) is 5.91 Å². The maximum atomic E-state index is 12.4. The fourth-order valence-corrected chi connectivity index (χ4v) is 3.79. The average molecular weight is 384 g/mol. The zero-order chi connectivity index (χ0) is 20.2. The average Bonchev–Trinajstić information content (AvgIpc) is 3.18. The van der Waals surface area contributed by atoms with Gasteiger partial charge in [0.25, 0.3) is 0 Å². The quantitative estimate of drug-likeness (QED) is 0.664. The van der Waals surface area contributed by atoms with Crippen LogP contribution in [-0.4, -0.2) is 22.0 Å². The molecule has 2 aromatic carbocycles. The summed E-state index contributed by atoms with van der Waals surface area (Å²) in [4.78, 5) is 18.8. The number of piperidine rings is 1. The Kier molecular flexibility index (Phi) is 5.44. The number of hydrogen-bond acceptors (Lipinski definition) is 3. The minimum Gasteiger partial charge on any atom is -0.333 e. The largest absolute Gasteiger partial charge is 0.333 e. The Labute approximate surface area is 171 Å². The molecule has 1 atom stereocenters. The molecule has 29 heavy (non-hydrogen) atoms. The number of carbonyl (C=O) groups is 1. The molecule has 4 rings (SSSR count). The van der Waals surface area contributed by atoms with Crippen LogP contribution in [0.1, 0.15) is 42.1 Å². The standard InChI is InChI=1S/C24H24N4O/c1-18-3-2-12-28(24(18)29)23-10-8-21(9-11-23)15-27-16-22(26-17-27)13-19-4-6-20(14-25)7-5-19/h4-11,16-18H,2-3,12-13,15H2,1H3. The van der Waals surface area contributed by atoms with Crippen molar-refractivity contribution >= 4 is 11.6 Å². The minimum atomic E-state index is 0.115. The number of rotatable bonds is 5. The lowest BCUT2D eigenvalue weighted by Gasteiger charge is -2.30. The van der Waals surface area contributed by atoms with E-state index in [9.17, 15) is 4.79 Å². The lowest BCUT2D eigenvalue weighted by atomic mass is 9.98. The van der Waals surface area contributed by atoms with Gasteiger partial charge in [-0.05, 0) is 48.2 Å². The number of amides is 1.